The van der Waals surface area contributed by atoms with Crippen LogP contribution in [0.2, 0.25) is 0 Å². The van der Waals surface area contributed by atoms with E-state index in [9.17, 15) is 0 Å². The van der Waals surface area contributed by atoms with Crippen LogP contribution in [0.5, 0.6) is 0 Å². The first-order valence-electron chi connectivity index (χ1n) is 4.01. The van der Waals surface area contributed by atoms with Crippen molar-refractivity contribution >= 4 is 0 Å². The Balaban J connectivity index is 3.03. The fraction of sp³-hybridized carbons (Fsp3) is 1.00. The fourth-order valence-corrected chi connectivity index (χ4v) is 0.683. The molecule has 0 fully saturated rings. The van der Waals surface area contributed by atoms with Crippen molar-refractivity contribution in [2.45, 2.75) is 33.2 Å². The van der Waals surface area contributed by atoms with E-state index in [2.05, 4.69) is 19.2 Å². The second-order valence-electron chi connectivity index (χ2n) is 3.22. The van der Waals surface area contributed by atoms with Crippen molar-refractivity contribution in [2.75, 3.05) is 13.2 Å². The van der Waals surface area contributed by atoms with E-state index in [1.807, 2.05) is 6.92 Å². The third-order valence-corrected chi connectivity index (χ3v) is 1.49. The van der Waals surface area contributed by atoms with E-state index in [1.165, 1.54) is 6.42 Å². The lowest BCUT2D eigenvalue weighted by molar-refractivity contribution is 0.250. The summed E-state index contributed by atoms with van der Waals surface area (Å²) in [6, 6.07) is 0.249. The third kappa shape index (κ3) is 6.05. The summed E-state index contributed by atoms with van der Waals surface area (Å²) in [6.07, 6.45) is 1.18. The molecule has 2 N–H and O–H groups in total. The molecule has 0 amide bonds. The Morgan fingerprint density at radius 1 is 1.30 bits per heavy atom. The molecule has 0 heterocycles. The van der Waals surface area contributed by atoms with Crippen LogP contribution in [-0.4, -0.2) is 24.3 Å². The summed E-state index contributed by atoms with van der Waals surface area (Å²) in [5.74, 6) is 0.749. The first kappa shape index (κ1) is 9.92. The average molecular weight is 145 g/mol. The lowest BCUT2D eigenvalue weighted by Gasteiger charge is -2.11. The van der Waals surface area contributed by atoms with Crippen molar-refractivity contribution in [1.82, 2.24) is 5.32 Å². The maximum Gasteiger partial charge on any atom is 0.0581 e. The molecule has 0 aliphatic heterocycles. The van der Waals surface area contributed by atoms with Gasteiger partial charge in [-0.1, -0.05) is 13.8 Å². The molecule has 0 saturated carbocycles. The molecule has 62 valence electrons. The van der Waals surface area contributed by atoms with Crippen molar-refractivity contribution in [1.29, 1.82) is 0 Å². The molecule has 0 aliphatic carbocycles. The second-order valence-corrected chi connectivity index (χ2v) is 3.22. The number of rotatable bonds is 5. The van der Waals surface area contributed by atoms with Gasteiger partial charge in [-0.25, -0.2) is 0 Å². The summed E-state index contributed by atoms with van der Waals surface area (Å²) in [6.45, 7) is 7.63. The largest absolute Gasteiger partial charge is 0.395 e. The molecule has 0 aromatic heterocycles. The van der Waals surface area contributed by atoms with Crippen LogP contribution in [-0.2, 0) is 0 Å². The van der Waals surface area contributed by atoms with Crippen LogP contribution in [0.4, 0.5) is 0 Å². The van der Waals surface area contributed by atoms with Crippen molar-refractivity contribution in [3.8, 4) is 0 Å². The summed E-state index contributed by atoms with van der Waals surface area (Å²) >= 11 is 0. The maximum absolute atomic E-state index is 8.64. The van der Waals surface area contributed by atoms with E-state index in [-0.39, 0.29) is 12.6 Å². The second kappa shape index (κ2) is 5.69. The smallest absolute Gasteiger partial charge is 0.0581 e. The zero-order chi connectivity index (χ0) is 7.98. The predicted octanol–water partition coefficient (Wildman–Crippen LogP) is 1.00. The van der Waals surface area contributed by atoms with Gasteiger partial charge in [0.25, 0.3) is 0 Å². The molecule has 0 unspecified atom stereocenters. The molecule has 2 heteroatoms. The number of aliphatic hydroxyl groups excluding tert-OH is 1. The molecular formula is C8H19NO. The quantitative estimate of drug-likeness (QED) is 0.605. The minimum atomic E-state index is 0.234. The molecule has 1 atom stereocenters. The lowest BCUT2D eigenvalue weighted by Crippen LogP contribution is -2.30. The van der Waals surface area contributed by atoms with Gasteiger partial charge in [0.15, 0.2) is 0 Å². The first-order chi connectivity index (χ1) is 4.66. The van der Waals surface area contributed by atoms with E-state index in [1.54, 1.807) is 0 Å². The van der Waals surface area contributed by atoms with Crippen LogP contribution < -0.4 is 5.32 Å². The van der Waals surface area contributed by atoms with Gasteiger partial charge in [-0.3, -0.25) is 0 Å². The van der Waals surface area contributed by atoms with Crippen molar-refractivity contribution in [3.63, 3.8) is 0 Å². The number of aliphatic hydroxyl groups is 1. The van der Waals surface area contributed by atoms with Crippen molar-refractivity contribution < 1.29 is 5.11 Å². The molecule has 0 aliphatic rings. The van der Waals surface area contributed by atoms with Gasteiger partial charge in [-0.15, -0.1) is 0 Å². The highest BCUT2D eigenvalue weighted by Gasteiger charge is 1.98. The van der Waals surface area contributed by atoms with Crippen LogP contribution in [0.1, 0.15) is 27.2 Å². The third-order valence-electron chi connectivity index (χ3n) is 1.49. The molecule has 2 nitrogen and oxygen atoms in total. The zero-order valence-corrected chi connectivity index (χ0v) is 7.22. The van der Waals surface area contributed by atoms with E-state index >= 15 is 0 Å². The summed E-state index contributed by atoms with van der Waals surface area (Å²) < 4.78 is 0. The van der Waals surface area contributed by atoms with Gasteiger partial charge in [0, 0.05) is 6.04 Å². The molecule has 0 rings (SSSR count). The first-order valence-corrected chi connectivity index (χ1v) is 4.01. The minimum Gasteiger partial charge on any atom is -0.395 e. The standard InChI is InChI=1S/C8H19NO/c1-7(2)4-5-9-8(3)6-10/h7-10H,4-6H2,1-3H3/t8-/m1/s1. The molecular weight excluding hydrogens is 126 g/mol. The monoisotopic (exact) mass is 145 g/mol. The fourth-order valence-electron chi connectivity index (χ4n) is 0.683. The Kier molecular flexibility index (Phi) is 5.64. The number of nitrogens with one attached hydrogen (secondary N) is 1. The van der Waals surface area contributed by atoms with E-state index in [0.717, 1.165) is 12.5 Å². The maximum atomic E-state index is 8.64. The van der Waals surface area contributed by atoms with Gasteiger partial charge in [-0.05, 0) is 25.8 Å². The molecule has 0 spiro atoms. The Morgan fingerprint density at radius 2 is 1.90 bits per heavy atom. The summed E-state index contributed by atoms with van der Waals surface area (Å²) in [4.78, 5) is 0. The zero-order valence-electron chi connectivity index (χ0n) is 7.22. The molecule has 0 bridgehead atoms. The molecule has 0 aromatic rings. The number of hydrogen-bond donors (Lipinski definition) is 2. The van der Waals surface area contributed by atoms with Gasteiger partial charge in [0.1, 0.15) is 0 Å². The van der Waals surface area contributed by atoms with Crippen LogP contribution in [0, 0.1) is 5.92 Å². The summed E-state index contributed by atoms with van der Waals surface area (Å²) in [5.41, 5.74) is 0. The van der Waals surface area contributed by atoms with Gasteiger partial charge in [0.05, 0.1) is 6.61 Å². The van der Waals surface area contributed by atoms with E-state index < -0.39 is 0 Å². The average Bonchev–Trinajstić information content (AvgIpc) is 1.87. The Bertz CT molecular complexity index is 73.7. The Labute approximate surface area is 63.6 Å². The minimum absolute atomic E-state index is 0.234. The highest BCUT2D eigenvalue weighted by molar-refractivity contribution is 4.58. The van der Waals surface area contributed by atoms with E-state index in [0.29, 0.717) is 0 Å². The molecule has 0 radical (unpaired) electrons. The molecule has 0 saturated heterocycles. The number of hydrogen-bond acceptors (Lipinski definition) is 2. The van der Waals surface area contributed by atoms with Crippen LogP contribution in [0.25, 0.3) is 0 Å². The SMILES string of the molecule is CC(C)CCN[C@H](C)CO. The Morgan fingerprint density at radius 3 is 2.30 bits per heavy atom. The van der Waals surface area contributed by atoms with Gasteiger partial charge >= 0.3 is 0 Å². The van der Waals surface area contributed by atoms with Crippen LogP contribution >= 0.6 is 0 Å². The highest BCUT2D eigenvalue weighted by Crippen LogP contribution is 1.96. The Hall–Kier alpha value is -0.0800. The van der Waals surface area contributed by atoms with E-state index in [4.69, 9.17) is 5.11 Å². The molecule has 10 heavy (non-hydrogen) atoms. The normalized spacial score (nSPS) is 14.1. The highest BCUT2D eigenvalue weighted by atomic mass is 16.3. The predicted molar refractivity (Wildman–Crippen MR) is 44.0 cm³/mol. The summed E-state index contributed by atoms with van der Waals surface area (Å²) in [7, 11) is 0. The van der Waals surface area contributed by atoms with Crippen LogP contribution in [0.15, 0.2) is 0 Å². The van der Waals surface area contributed by atoms with Gasteiger partial charge < -0.3 is 10.4 Å². The lowest BCUT2D eigenvalue weighted by atomic mass is 10.1. The summed E-state index contributed by atoms with van der Waals surface area (Å²) in [5, 5.41) is 11.9. The van der Waals surface area contributed by atoms with Gasteiger partial charge in [-0.2, -0.15) is 0 Å². The topological polar surface area (TPSA) is 32.3 Å². The van der Waals surface area contributed by atoms with Crippen molar-refractivity contribution in [3.05, 3.63) is 0 Å². The molecule has 0 aromatic carbocycles. The van der Waals surface area contributed by atoms with Crippen molar-refractivity contribution in [2.24, 2.45) is 5.92 Å². The van der Waals surface area contributed by atoms with Crippen LogP contribution in [0.3, 0.4) is 0 Å². The van der Waals surface area contributed by atoms with Gasteiger partial charge in [0.2, 0.25) is 0 Å².